The highest BCUT2D eigenvalue weighted by Gasteiger charge is 2.17. The van der Waals surface area contributed by atoms with Crippen molar-refractivity contribution in [1.82, 2.24) is 10.6 Å². The lowest BCUT2D eigenvalue weighted by Crippen LogP contribution is -2.39. The van der Waals surface area contributed by atoms with Gasteiger partial charge in [-0.3, -0.25) is 0 Å². The third kappa shape index (κ3) is 4.55. The van der Waals surface area contributed by atoms with E-state index in [1.54, 1.807) is 7.11 Å². The molecule has 0 heterocycles. The molecule has 1 aromatic carbocycles. The first-order valence-electron chi connectivity index (χ1n) is 6.20. The molecule has 1 rings (SSSR count). The number of terminal acetylenes is 1. The van der Waals surface area contributed by atoms with Crippen LogP contribution in [0.4, 0.5) is 4.79 Å². The van der Waals surface area contributed by atoms with Gasteiger partial charge in [-0.05, 0) is 23.6 Å². The number of nitrogens with one attached hydrogen (secondary N) is 2. The van der Waals surface area contributed by atoms with E-state index in [0.29, 0.717) is 0 Å². The van der Waals surface area contributed by atoms with Crippen LogP contribution < -0.4 is 15.4 Å². The molecule has 0 saturated heterocycles. The van der Waals surface area contributed by atoms with Crippen LogP contribution in [-0.4, -0.2) is 19.7 Å². The average Bonchev–Trinajstić information content (AvgIpc) is 2.42. The van der Waals surface area contributed by atoms with Crippen molar-refractivity contribution in [2.24, 2.45) is 5.92 Å². The molecule has 0 aliphatic carbocycles. The van der Waals surface area contributed by atoms with E-state index in [1.807, 2.05) is 24.3 Å². The van der Waals surface area contributed by atoms with Crippen molar-refractivity contribution in [2.75, 3.05) is 13.7 Å². The lowest BCUT2D eigenvalue weighted by atomic mass is 9.96. The Labute approximate surface area is 114 Å². The van der Waals surface area contributed by atoms with Gasteiger partial charge in [0.15, 0.2) is 0 Å². The van der Waals surface area contributed by atoms with Gasteiger partial charge >= 0.3 is 6.03 Å². The second kappa shape index (κ2) is 7.32. The number of hydrogen-bond acceptors (Lipinski definition) is 2. The van der Waals surface area contributed by atoms with Crippen LogP contribution in [0.15, 0.2) is 24.3 Å². The largest absolute Gasteiger partial charge is 0.497 e. The molecule has 0 fully saturated rings. The third-order valence-electron chi connectivity index (χ3n) is 2.78. The number of methoxy groups -OCH3 is 1. The predicted octanol–water partition coefficient (Wildman–Crippen LogP) is 2.32. The van der Waals surface area contributed by atoms with Crippen LogP contribution in [0.5, 0.6) is 5.75 Å². The molecule has 0 aliphatic rings. The molecular weight excluding hydrogens is 240 g/mol. The zero-order chi connectivity index (χ0) is 14.3. The Morgan fingerprint density at radius 1 is 1.37 bits per heavy atom. The van der Waals surface area contributed by atoms with Gasteiger partial charge in [0.2, 0.25) is 0 Å². The lowest BCUT2D eigenvalue weighted by Gasteiger charge is -2.23. The number of carbonyl (C=O) groups excluding carboxylic acids is 1. The number of hydrogen-bond donors (Lipinski definition) is 2. The van der Waals surface area contributed by atoms with E-state index in [4.69, 9.17) is 11.2 Å². The highest BCUT2D eigenvalue weighted by Crippen LogP contribution is 2.23. The molecule has 1 aromatic rings. The van der Waals surface area contributed by atoms with Gasteiger partial charge in [0.25, 0.3) is 0 Å². The van der Waals surface area contributed by atoms with E-state index in [2.05, 4.69) is 30.4 Å². The van der Waals surface area contributed by atoms with Crippen molar-refractivity contribution in [2.45, 2.75) is 19.9 Å². The minimum Gasteiger partial charge on any atom is -0.497 e. The van der Waals surface area contributed by atoms with Crippen molar-refractivity contribution in [3.8, 4) is 18.1 Å². The Bertz CT molecular complexity index is 446. The van der Waals surface area contributed by atoms with E-state index >= 15 is 0 Å². The minimum atomic E-state index is -0.257. The SMILES string of the molecule is C#CCNC(=O)N[C@H](c1ccc(OC)cc1)C(C)C. The van der Waals surface area contributed by atoms with E-state index < -0.39 is 0 Å². The molecule has 102 valence electrons. The van der Waals surface area contributed by atoms with Crippen molar-refractivity contribution < 1.29 is 9.53 Å². The lowest BCUT2D eigenvalue weighted by molar-refractivity contribution is 0.234. The number of amides is 2. The molecule has 0 unspecified atom stereocenters. The van der Waals surface area contributed by atoms with Crippen LogP contribution in [0.1, 0.15) is 25.5 Å². The number of benzene rings is 1. The molecule has 0 aliphatic heterocycles. The Balaban J connectivity index is 2.76. The van der Waals surface area contributed by atoms with Crippen molar-refractivity contribution in [3.05, 3.63) is 29.8 Å². The van der Waals surface area contributed by atoms with Crippen LogP contribution in [0, 0.1) is 18.3 Å². The van der Waals surface area contributed by atoms with E-state index in [-0.39, 0.29) is 24.5 Å². The summed E-state index contributed by atoms with van der Waals surface area (Å²) in [4.78, 5) is 11.7. The van der Waals surface area contributed by atoms with Crippen molar-refractivity contribution in [1.29, 1.82) is 0 Å². The number of carbonyl (C=O) groups is 1. The van der Waals surface area contributed by atoms with Gasteiger partial charge in [-0.15, -0.1) is 6.42 Å². The number of urea groups is 1. The Morgan fingerprint density at radius 3 is 2.47 bits per heavy atom. The molecule has 19 heavy (non-hydrogen) atoms. The molecule has 4 heteroatoms. The Hall–Kier alpha value is -2.15. The van der Waals surface area contributed by atoms with Crippen LogP contribution in [0.3, 0.4) is 0 Å². The zero-order valence-electron chi connectivity index (χ0n) is 11.6. The first-order chi connectivity index (χ1) is 9.08. The molecule has 0 aromatic heterocycles. The van der Waals surface area contributed by atoms with Crippen LogP contribution in [0.25, 0.3) is 0 Å². The molecule has 0 spiro atoms. The Kier molecular flexibility index (Phi) is 5.74. The monoisotopic (exact) mass is 260 g/mol. The molecule has 0 bridgehead atoms. The molecular formula is C15H20N2O2. The topological polar surface area (TPSA) is 50.4 Å². The molecule has 2 N–H and O–H groups in total. The van der Waals surface area contributed by atoms with Gasteiger partial charge in [0.05, 0.1) is 19.7 Å². The van der Waals surface area contributed by atoms with Crippen LogP contribution in [-0.2, 0) is 0 Å². The van der Waals surface area contributed by atoms with Gasteiger partial charge in [-0.25, -0.2) is 4.79 Å². The fourth-order valence-electron chi connectivity index (χ4n) is 1.77. The maximum absolute atomic E-state index is 11.7. The Morgan fingerprint density at radius 2 is 2.00 bits per heavy atom. The highest BCUT2D eigenvalue weighted by atomic mass is 16.5. The summed E-state index contributed by atoms with van der Waals surface area (Å²) in [7, 11) is 1.63. The van der Waals surface area contributed by atoms with E-state index in [9.17, 15) is 4.79 Å². The van der Waals surface area contributed by atoms with Gasteiger partial charge in [-0.1, -0.05) is 31.9 Å². The van der Waals surface area contributed by atoms with Crippen molar-refractivity contribution >= 4 is 6.03 Å². The summed E-state index contributed by atoms with van der Waals surface area (Å²) in [5.41, 5.74) is 1.03. The quantitative estimate of drug-likeness (QED) is 0.798. The molecule has 2 amide bonds. The summed E-state index contributed by atoms with van der Waals surface area (Å²) in [6, 6.07) is 7.34. The second-order valence-corrected chi connectivity index (χ2v) is 4.53. The normalized spacial score (nSPS) is 11.5. The fourth-order valence-corrected chi connectivity index (χ4v) is 1.77. The molecule has 4 nitrogen and oxygen atoms in total. The molecule has 0 radical (unpaired) electrons. The zero-order valence-corrected chi connectivity index (χ0v) is 11.6. The molecule has 1 atom stereocenters. The summed E-state index contributed by atoms with van der Waals surface area (Å²) in [5.74, 6) is 3.43. The predicted molar refractivity (Wildman–Crippen MR) is 75.9 cm³/mol. The standard InChI is InChI=1S/C15H20N2O2/c1-5-10-16-15(18)17-14(11(2)3)12-6-8-13(19-4)9-7-12/h1,6-9,11,14H,10H2,2-4H3,(H2,16,17,18)/t14-/m0/s1. The second-order valence-electron chi connectivity index (χ2n) is 4.53. The van der Waals surface area contributed by atoms with Gasteiger partial charge in [-0.2, -0.15) is 0 Å². The van der Waals surface area contributed by atoms with E-state index in [1.165, 1.54) is 0 Å². The van der Waals surface area contributed by atoms with Crippen molar-refractivity contribution in [3.63, 3.8) is 0 Å². The first-order valence-corrected chi connectivity index (χ1v) is 6.20. The smallest absolute Gasteiger partial charge is 0.316 e. The minimum absolute atomic E-state index is 0.0660. The number of rotatable bonds is 5. The average molecular weight is 260 g/mol. The maximum atomic E-state index is 11.7. The maximum Gasteiger partial charge on any atom is 0.316 e. The summed E-state index contributed by atoms with van der Waals surface area (Å²) in [6.45, 7) is 4.33. The van der Waals surface area contributed by atoms with Gasteiger partial charge in [0, 0.05) is 0 Å². The first kappa shape index (κ1) is 14.9. The summed E-state index contributed by atoms with van der Waals surface area (Å²) < 4.78 is 5.12. The third-order valence-corrected chi connectivity index (χ3v) is 2.78. The number of ether oxygens (including phenoxy) is 1. The van der Waals surface area contributed by atoms with Gasteiger partial charge < -0.3 is 15.4 Å². The highest BCUT2D eigenvalue weighted by molar-refractivity contribution is 5.74. The summed E-state index contributed by atoms with van der Waals surface area (Å²) in [6.07, 6.45) is 5.10. The van der Waals surface area contributed by atoms with Crippen LogP contribution in [0.2, 0.25) is 0 Å². The van der Waals surface area contributed by atoms with E-state index in [0.717, 1.165) is 11.3 Å². The summed E-state index contributed by atoms with van der Waals surface area (Å²) in [5, 5.41) is 5.52. The van der Waals surface area contributed by atoms with Crippen LogP contribution >= 0.6 is 0 Å². The summed E-state index contributed by atoms with van der Waals surface area (Å²) >= 11 is 0. The molecule has 0 saturated carbocycles. The fraction of sp³-hybridized carbons (Fsp3) is 0.400. The van der Waals surface area contributed by atoms with Gasteiger partial charge in [0.1, 0.15) is 5.75 Å².